The number of hydrogen-bond acceptors (Lipinski definition) is 7. The molecule has 0 spiro atoms. The first-order chi connectivity index (χ1) is 17.6. The molecule has 202 valence electrons. The Morgan fingerprint density at radius 3 is 2.49 bits per heavy atom. The number of halogens is 1. The molecule has 0 fully saturated rings. The van der Waals surface area contributed by atoms with Gasteiger partial charge in [-0.3, -0.25) is 5.41 Å². The van der Waals surface area contributed by atoms with Crippen LogP contribution in [0.3, 0.4) is 0 Å². The summed E-state index contributed by atoms with van der Waals surface area (Å²) in [5, 5.41) is 18.7. The summed E-state index contributed by atoms with van der Waals surface area (Å²) in [7, 11) is 0. The molecule has 5 N–H and O–H groups in total. The summed E-state index contributed by atoms with van der Waals surface area (Å²) < 4.78 is 7.29. The minimum atomic E-state index is -0.319. The molecule has 9 nitrogen and oxygen atoms in total. The monoisotopic (exact) mass is 548 g/mol. The van der Waals surface area contributed by atoms with E-state index in [0.29, 0.717) is 41.4 Å². The Labute approximate surface area is 228 Å². The number of terminal acetylenes is 1. The van der Waals surface area contributed by atoms with E-state index in [9.17, 15) is 9.59 Å². The van der Waals surface area contributed by atoms with Crippen molar-refractivity contribution in [2.45, 2.75) is 59.3 Å². The number of allylic oxidation sites excluding steroid dienone is 3. The highest BCUT2D eigenvalue weighted by Gasteiger charge is 2.12. The summed E-state index contributed by atoms with van der Waals surface area (Å²) >= 11 is 7.15. The molecule has 2 aromatic rings. The van der Waals surface area contributed by atoms with Gasteiger partial charge in [0.25, 0.3) is 0 Å². The Kier molecular flexibility index (Phi) is 17.9. The van der Waals surface area contributed by atoms with E-state index in [1.54, 1.807) is 28.9 Å². The molecule has 1 atom stereocenters. The Bertz CT molecular complexity index is 1070. The maximum absolute atomic E-state index is 11.8. The lowest BCUT2D eigenvalue weighted by Gasteiger charge is -2.20. The molecule has 2 rings (SSSR count). The standard InChI is InChI=1S/C15H21ClN2O3.C9H14N4S.C2H2/c1-11(2)21-14(4-3-9-19)10-17-15(20)18-13-7-5-12(16)6-8-13;1-3-8(10)5-4-6-13-9(11)14-7(2)12-13;1-2/h5-9,11,14H,3-4,10H2,1-2H3,(H2,17,18,20);3-5,11H,6,10H2,1-2H3;1-2H/b;5-4-,8-3+,11-9?;/t14-;;/m1../s1. The molecule has 1 heterocycles. The Hall–Kier alpha value is -3.39. The molecule has 11 heteroatoms. The molecule has 0 radical (unpaired) electrons. The second-order valence-corrected chi connectivity index (χ2v) is 9.31. The van der Waals surface area contributed by atoms with Crippen molar-refractivity contribution in [3.63, 3.8) is 0 Å². The number of aldehydes is 1. The first kappa shape index (κ1) is 33.6. The van der Waals surface area contributed by atoms with Crippen molar-refractivity contribution < 1.29 is 14.3 Å². The topological polar surface area (TPSA) is 135 Å². The normalized spacial score (nSPS) is 11.6. The minimum Gasteiger partial charge on any atom is -0.399 e. The van der Waals surface area contributed by atoms with Crippen LogP contribution in [0.1, 0.15) is 38.6 Å². The maximum Gasteiger partial charge on any atom is 0.319 e. The smallest absolute Gasteiger partial charge is 0.319 e. The number of anilines is 1. The van der Waals surface area contributed by atoms with Gasteiger partial charge in [0.05, 0.1) is 18.8 Å². The number of aromatic nitrogens is 2. The van der Waals surface area contributed by atoms with Crippen molar-refractivity contribution in [2.24, 2.45) is 5.73 Å². The molecule has 1 aromatic carbocycles. The zero-order valence-electron chi connectivity index (χ0n) is 21.7. The maximum atomic E-state index is 11.8. The summed E-state index contributed by atoms with van der Waals surface area (Å²) in [6.45, 7) is 8.56. The third kappa shape index (κ3) is 16.1. The van der Waals surface area contributed by atoms with Crippen LogP contribution in [0, 0.1) is 25.2 Å². The molecule has 0 saturated carbocycles. The van der Waals surface area contributed by atoms with Crippen LogP contribution in [0.25, 0.3) is 0 Å². The molecule has 37 heavy (non-hydrogen) atoms. The molecule has 0 aliphatic carbocycles. The quantitative estimate of drug-likeness (QED) is 0.184. The van der Waals surface area contributed by atoms with Gasteiger partial charge < -0.3 is 25.9 Å². The second kappa shape index (κ2) is 19.8. The van der Waals surface area contributed by atoms with Gasteiger partial charge in [-0.15, -0.1) is 12.8 Å². The van der Waals surface area contributed by atoms with E-state index in [1.807, 2.05) is 45.9 Å². The largest absolute Gasteiger partial charge is 0.399 e. The molecule has 1 aromatic heterocycles. The third-order valence-corrected chi connectivity index (χ3v) is 5.36. The first-order valence-electron chi connectivity index (χ1n) is 11.5. The van der Waals surface area contributed by atoms with Crippen LogP contribution in [-0.4, -0.2) is 40.9 Å². The van der Waals surface area contributed by atoms with E-state index in [2.05, 4.69) is 28.6 Å². The molecule has 0 aliphatic rings. The van der Waals surface area contributed by atoms with Gasteiger partial charge >= 0.3 is 6.03 Å². The number of rotatable bonds is 11. The Balaban J connectivity index is 0.000000702. The molecule has 0 bridgehead atoms. The minimum absolute atomic E-state index is 0.0442. The summed E-state index contributed by atoms with van der Waals surface area (Å²) in [5.41, 5.74) is 6.97. The predicted molar refractivity (Wildman–Crippen MR) is 151 cm³/mol. The molecule has 2 amide bonds. The van der Waals surface area contributed by atoms with Crippen LogP contribution in [0.15, 0.2) is 48.2 Å². The molecule has 0 unspecified atom stereocenters. The number of benzene rings is 1. The van der Waals surface area contributed by atoms with Crippen molar-refractivity contribution >= 4 is 40.9 Å². The van der Waals surface area contributed by atoms with Crippen LogP contribution in [-0.2, 0) is 16.1 Å². The van der Waals surface area contributed by atoms with Crippen LogP contribution < -0.4 is 21.2 Å². The van der Waals surface area contributed by atoms with Crippen molar-refractivity contribution in [1.82, 2.24) is 15.1 Å². The summed E-state index contributed by atoms with van der Waals surface area (Å²) in [4.78, 5) is 22.7. The van der Waals surface area contributed by atoms with Gasteiger partial charge in [-0.25, -0.2) is 9.48 Å². The van der Waals surface area contributed by atoms with Crippen LogP contribution in [0.4, 0.5) is 10.5 Å². The van der Waals surface area contributed by atoms with Crippen LogP contribution >= 0.6 is 22.9 Å². The average Bonchev–Trinajstić information content (AvgIpc) is 3.20. The van der Waals surface area contributed by atoms with E-state index in [4.69, 9.17) is 27.5 Å². The average molecular weight is 549 g/mol. The number of nitrogens with two attached hydrogens (primary N) is 1. The zero-order valence-corrected chi connectivity index (χ0v) is 23.3. The predicted octanol–water partition coefficient (Wildman–Crippen LogP) is 4.63. The lowest BCUT2D eigenvalue weighted by Crippen LogP contribution is -2.37. The number of carbonyl (C=O) groups is 2. The lowest BCUT2D eigenvalue weighted by atomic mass is 10.2. The number of ether oxygens (including phenoxy) is 1. The van der Waals surface area contributed by atoms with E-state index < -0.39 is 0 Å². The molecule has 0 aliphatic heterocycles. The lowest BCUT2D eigenvalue weighted by molar-refractivity contribution is -0.108. The number of nitrogens with zero attached hydrogens (tertiary/aromatic N) is 2. The van der Waals surface area contributed by atoms with E-state index in [0.717, 1.165) is 17.0 Å². The number of hydrogen-bond donors (Lipinski definition) is 4. The van der Waals surface area contributed by atoms with Gasteiger partial charge in [0.1, 0.15) is 11.3 Å². The van der Waals surface area contributed by atoms with Gasteiger partial charge in [-0.1, -0.05) is 35.1 Å². The zero-order chi connectivity index (χ0) is 28.2. The van der Waals surface area contributed by atoms with E-state index >= 15 is 0 Å². The summed E-state index contributed by atoms with van der Waals surface area (Å²) in [5.74, 6) is 0. The fourth-order valence-electron chi connectivity index (χ4n) is 2.71. The summed E-state index contributed by atoms with van der Waals surface area (Å²) in [6.07, 6.45) is 15.3. The van der Waals surface area contributed by atoms with Crippen LogP contribution in [0.2, 0.25) is 5.02 Å². The molecular formula is C26H37ClN6O3S. The van der Waals surface area contributed by atoms with Crippen molar-refractivity contribution in [3.05, 3.63) is 63.0 Å². The van der Waals surface area contributed by atoms with Crippen molar-refractivity contribution in [3.8, 4) is 12.8 Å². The Morgan fingerprint density at radius 1 is 1.32 bits per heavy atom. The van der Waals surface area contributed by atoms with Gasteiger partial charge in [0.15, 0.2) is 4.80 Å². The highest BCUT2D eigenvalue weighted by Crippen LogP contribution is 2.13. The summed E-state index contributed by atoms with van der Waals surface area (Å²) in [6, 6.07) is 6.52. The molecular weight excluding hydrogens is 512 g/mol. The van der Waals surface area contributed by atoms with E-state index in [1.165, 1.54) is 11.3 Å². The number of carbonyl (C=O) groups excluding carboxylic acids is 2. The second-order valence-electron chi connectivity index (χ2n) is 7.69. The van der Waals surface area contributed by atoms with Gasteiger partial charge in [-0.05, 0) is 64.5 Å². The third-order valence-electron chi connectivity index (χ3n) is 4.33. The number of amides is 2. The fourth-order valence-corrected chi connectivity index (χ4v) is 3.48. The number of nitrogens with one attached hydrogen (secondary N) is 3. The fraction of sp³-hybridized carbons (Fsp3) is 0.385. The molecule has 0 saturated heterocycles. The number of urea groups is 1. The highest BCUT2D eigenvalue weighted by atomic mass is 35.5. The SMILES string of the molecule is C#C.C/C=C(N)\C=C/Cn1nc(C)sc1=N.CC(C)O[C@H](CCC=O)CNC(=O)Nc1ccc(Cl)cc1. The van der Waals surface area contributed by atoms with E-state index in [-0.39, 0.29) is 18.2 Å². The van der Waals surface area contributed by atoms with Gasteiger partial charge in [0.2, 0.25) is 0 Å². The van der Waals surface area contributed by atoms with Crippen molar-refractivity contribution in [2.75, 3.05) is 11.9 Å². The highest BCUT2D eigenvalue weighted by molar-refractivity contribution is 7.08. The number of aryl methyl sites for hydroxylation is 1. The Morgan fingerprint density at radius 2 is 1.97 bits per heavy atom. The van der Waals surface area contributed by atoms with Gasteiger partial charge in [-0.2, -0.15) is 5.10 Å². The van der Waals surface area contributed by atoms with Crippen molar-refractivity contribution in [1.29, 1.82) is 5.41 Å². The first-order valence-corrected chi connectivity index (χ1v) is 12.7. The van der Waals surface area contributed by atoms with Crippen LogP contribution in [0.5, 0.6) is 0 Å². The van der Waals surface area contributed by atoms with Gasteiger partial charge in [0, 0.05) is 29.4 Å².